The second-order valence-electron chi connectivity index (χ2n) is 15.1. The van der Waals surface area contributed by atoms with Crippen LogP contribution in [0.25, 0.3) is 5.57 Å². The molecule has 260 valence electrons. The molecule has 1 fully saturated rings. The maximum Gasteiger partial charge on any atom is -0.172 e. The van der Waals surface area contributed by atoms with Gasteiger partial charge >= 0.3 is 99.2 Å². The van der Waals surface area contributed by atoms with Crippen LogP contribution in [0.4, 0.5) is 0 Å². The molecule has 4 aromatic carbocycles. The molecule has 0 spiro atoms. The van der Waals surface area contributed by atoms with E-state index in [4.69, 9.17) is 0 Å². The second kappa shape index (κ2) is 16.4. The van der Waals surface area contributed by atoms with E-state index in [1.165, 1.54) is 49.7 Å². The van der Waals surface area contributed by atoms with Crippen molar-refractivity contribution in [1.82, 2.24) is 0 Å². The zero-order valence-corrected chi connectivity index (χ0v) is 34.9. The molecule has 0 nitrogen and oxygen atoms in total. The molecular formula is C47H52Cl2Zr-2. The molecule has 0 amide bonds. The van der Waals surface area contributed by atoms with Gasteiger partial charge in [-0.25, -0.2) is 18.1 Å². The normalized spacial score (nSPS) is 28.6. The Labute approximate surface area is 330 Å². The first-order valence-corrected chi connectivity index (χ1v) is 19.2. The number of fused-ring (bicyclic) bond motifs is 6. The van der Waals surface area contributed by atoms with Crippen LogP contribution in [0.3, 0.4) is 0 Å². The van der Waals surface area contributed by atoms with E-state index in [-0.39, 0.29) is 35.6 Å². The van der Waals surface area contributed by atoms with E-state index in [2.05, 4.69) is 152 Å². The summed E-state index contributed by atoms with van der Waals surface area (Å²) in [5.41, 5.74) is 12.6. The van der Waals surface area contributed by atoms with Crippen LogP contribution in [-0.2, 0) is 30.7 Å². The Balaban J connectivity index is 0.000000223. The minimum atomic E-state index is 0. The van der Waals surface area contributed by atoms with Crippen molar-refractivity contribution in [2.45, 2.75) is 61.8 Å². The van der Waals surface area contributed by atoms with E-state index in [0.717, 1.165) is 6.42 Å². The predicted molar refractivity (Wildman–Crippen MR) is 202 cm³/mol. The van der Waals surface area contributed by atoms with Crippen molar-refractivity contribution in [3.8, 4) is 0 Å². The minimum absolute atomic E-state index is 0. The van der Waals surface area contributed by atoms with Crippen LogP contribution in [0.1, 0.15) is 77.6 Å². The fourth-order valence-electron chi connectivity index (χ4n) is 9.53. The van der Waals surface area contributed by atoms with Crippen molar-refractivity contribution in [3.63, 3.8) is 0 Å². The summed E-state index contributed by atoms with van der Waals surface area (Å²) in [6.45, 7) is 20.2. The molecule has 0 aromatic heterocycles. The zero-order valence-electron chi connectivity index (χ0n) is 31.0. The van der Waals surface area contributed by atoms with Crippen LogP contribution in [0, 0.1) is 46.3 Å². The monoisotopic (exact) mass is 776 g/mol. The van der Waals surface area contributed by atoms with Gasteiger partial charge in [-0.05, 0) is 34.7 Å². The summed E-state index contributed by atoms with van der Waals surface area (Å²) in [5, 5.41) is 0. The van der Waals surface area contributed by atoms with E-state index in [1.807, 2.05) is 30.3 Å². The number of benzene rings is 3. The maximum atomic E-state index is 2.63. The van der Waals surface area contributed by atoms with Gasteiger partial charge in [-0.15, -0.1) is 6.92 Å². The molecule has 7 unspecified atom stereocenters. The van der Waals surface area contributed by atoms with E-state index < -0.39 is 0 Å². The molecule has 8 rings (SSSR count). The molecule has 50 heavy (non-hydrogen) atoms. The molecular weight excluding hydrogens is 727 g/mol. The van der Waals surface area contributed by atoms with Crippen molar-refractivity contribution < 1.29 is 49.0 Å². The largest absolute Gasteiger partial charge is 0.214 e. The maximum absolute atomic E-state index is 2.63. The first kappa shape index (κ1) is 40.2. The molecule has 4 aliphatic carbocycles. The molecule has 3 heteroatoms. The first-order valence-electron chi connectivity index (χ1n) is 18.0. The van der Waals surface area contributed by atoms with Gasteiger partial charge in [0.25, 0.3) is 0 Å². The van der Waals surface area contributed by atoms with Crippen molar-refractivity contribution >= 4 is 8.78 Å². The van der Waals surface area contributed by atoms with E-state index in [0.29, 0.717) is 29.6 Å². The van der Waals surface area contributed by atoms with Gasteiger partial charge in [-0.1, -0.05) is 114 Å². The third-order valence-electron chi connectivity index (χ3n) is 13.2. The van der Waals surface area contributed by atoms with Gasteiger partial charge < -0.3 is 24.8 Å². The van der Waals surface area contributed by atoms with Gasteiger partial charge in [0.05, 0.1) is 0 Å². The summed E-state index contributed by atoms with van der Waals surface area (Å²) < 4.78 is 1.42. The topological polar surface area (TPSA) is 0 Å². The van der Waals surface area contributed by atoms with Gasteiger partial charge in [0.2, 0.25) is 0 Å². The Bertz CT molecular complexity index is 1770. The number of halogens is 2. The van der Waals surface area contributed by atoms with Gasteiger partial charge in [0.15, 0.2) is 0 Å². The summed E-state index contributed by atoms with van der Waals surface area (Å²) in [6.07, 6.45) is 6.12. The molecule has 0 N–H and O–H groups in total. The standard InChI is InChI=1S/C29H37.C13H10.C5H5.2ClH.Zr/c1-16-13-14-25-26-23-12-10-9-11-22(23)15-24(26)27-19(4)17(2)18(3)21(6)29(27,8)28(25,7)20(16)5;1-3-7-12(8-4-1)11-13-9-5-2-6-10-13;1-2-4-5-3-1;;;/h9-14,16-18,20-21H,15H2,1-8H3;1-10H;1-5H;2*1H;/q-1;;-1;;;+2/p-2. The summed E-state index contributed by atoms with van der Waals surface area (Å²) in [7, 11) is 0. The molecule has 7 atom stereocenters. The van der Waals surface area contributed by atoms with E-state index in [9.17, 15) is 0 Å². The van der Waals surface area contributed by atoms with Crippen molar-refractivity contribution in [2.24, 2.45) is 40.4 Å². The fourth-order valence-corrected chi connectivity index (χ4v) is 10.4. The third-order valence-corrected chi connectivity index (χ3v) is 14.6. The SMILES string of the molecule is C[C-]1C2=C3Cc4ccccc4C3=C3C=CC(C)C(C)C3(C)C2(C)C(C)C(C)C1C.[Cl-].[Cl-].[Zr+2]=[C](c1ccccc1)c1ccccc1.c1cc[cH-]c1. The smallest absolute Gasteiger partial charge is 0.172 e. The van der Waals surface area contributed by atoms with Gasteiger partial charge in [-0.3, -0.25) is 0 Å². The number of rotatable bonds is 2. The molecule has 0 aliphatic heterocycles. The first-order chi connectivity index (χ1) is 23.0. The zero-order chi connectivity index (χ0) is 34.2. The molecule has 0 radical (unpaired) electrons. The summed E-state index contributed by atoms with van der Waals surface area (Å²) in [4.78, 5) is 0. The Morgan fingerprint density at radius 1 is 0.720 bits per heavy atom. The van der Waals surface area contributed by atoms with Crippen LogP contribution < -0.4 is 24.8 Å². The van der Waals surface area contributed by atoms with Crippen molar-refractivity contribution in [3.05, 3.63) is 172 Å². The Morgan fingerprint density at radius 2 is 1.26 bits per heavy atom. The molecule has 4 aliphatic rings. The predicted octanol–water partition coefficient (Wildman–Crippen LogP) is 5.89. The van der Waals surface area contributed by atoms with Crippen molar-refractivity contribution in [2.75, 3.05) is 0 Å². The summed E-state index contributed by atoms with van der Waals surface area (Å²) in [5.74, 6) is 4.93. The summed E-state index contributed by atoms with van der Waals surface area (Å²) >= 11 is 1.46. The molecule has 0 saturated heterocycles. The van der Waals surface area contributed by atoms with Gasteiger partial charge in [0, 0.05) is 5.41 Å². The van der Waals surface area contributed by atoms with Crippen molar-refractivity contribution in [1.29, 1.82) is 0 Å². The average Bonchev–Trinajstić information content (AvgIpc) is 3.82. The molecule has 0 bridgehead atoms. The van der Waals surface area contributed by atoms with E-state index in [1.54, 1.807) is 28.2 Å². The minimum Gasteiger partial charge on any atom is -0.214 e. The second-order valence-corrected chi connectivity index (χ2v) is 16.3. The Kier molecular flexibility index (Phi) is 13.2. The van der Waals surface area contributed by atoms with E-state index >= 15 is 0 Å². The van der Waals surface area contributed by atoms with Crippen LogP contribution in [-0.4, -0.2) is 3.21 Å². The average molecular weight is 779 g/mol. The Hall–Kier alpha value is -2.57. The van der Waals surface area contributed by atoms with Crippen LogP contribution >= 0.6 is 0 Å². The van der Waals surface area contributed by atoms with Gasteiger partial charge in [0.1, 0.15) is 0 Å². The Morgan fingerprint density at radius 3 is 1.80 bits per heavy atom. The number of hydrogen-bond acceptors (Lipinski definition) is 0. The van der Waals surface area contributed by atoms with Crippen LogP contribution in [0.5, 0.6) is 0 Å². The summed E-state index contributed by atoms with van der Waals surface area (Å²) in [6, 6.07) is 40.3. The molecule has 1 saturated carbocycles. The van der Waals surface area contributed by atoms with Crippen LogP contribution in [0.2, 0.25) is 0 Å². The third kappa shape index (κ3) is 6.73. The number of hydrogen-bond donors (Lipinski definition) is 0. The molecule has 0 heterocycles. The van der Waals surface area contributed by atoms with Crippen LogP contribution in [0.15, 0.2) is 144 Å². The molecule has 4 aromatic rings. The number of allylic oxidation sites excluding steroid dienone is 6. The van der Waals surface area contributed by atoms with Gasteiger partial charge in [-0.2, -0.15) is 29.3 Å². The quantitative estimate of drug-likeness (QED) is 0.223. The fraction of sp³-hybridized carbons (Fsp3) is 0.340.